The van der Waals surface area contributed by atoms with Crippen molar-refractivity contribution in [3.05, 3.63) is 42.5 Å². The zero-order chi connectivity index (χ0) is 9.10. The fourth-order valence-electron chi connectivity index (χ4n) is 1.21. The van der Waals surface area contributed by atoms with Crippen LogP contribution >= 0.6 is 0 Å². The van der Waals surface area contributed by atoms with E-state index in [9.17, 15) is 0 Å². The van der Waals surface area contributed by atoms with Gasteiger partial charge in [-0.15, -0.1) is 0 Å². The molecule has 0 spiro atoms. The van der Waals surface area contributed by atoms with Crippen molar-refractivity contribution in [1.82, 2.24) is 14.8 Å². The van der Waals surface area contributed by atoms with Gasteiger partial charge in [0.05, 0.1) is 11.4 Å². The summed E-state index contributed by atoms with van der Waals surface area (Å²) in [5.74, 6) is 0. The number of rotatable bonds is 2. The van der Waals surface area contributed by atoms with E-state index in [1.165, 1.54) is 0 Å². The van der Waals surface area contributed by atoms with Crippen LogP contribution in [0, 0.1) is 0 Å². The Hall–Kier alpha value is -1.68. The third-order valence-corrected chi connectivity index (χ3v) is 1.81. The van der Waals surface area contributed by atoms with Crippen molar-refractivity contribution in [2.45, 2.75) is 6.54 Å². The summed E-state index contributed by atoms with van der Waals surface area (Å²) in [6.07, 6.45) is 5.33. The number of aromatic nitrogens is 3. The highest BCUT2D eigenvalue weighted by molar-refractivity contribution is 5.34. The first-order valence-corrected chi connectivity index (χ1v) is 4.06. The second kappa shape index (κ2) is 3.37. The summed E-state index contributed by atoms with van der Waals surface area (Å²) in [6.45, 7) is 0.427. The average molecular weight is 174 g/mol. The van der Waals surface area contributed by atoms with Crippen LogP contribution in [0.2, 0.25) is 0 Å². The normalized spacial score (nSPS) is 10.2. The van der Waals surface area contributed by atoms with E-state index in [2.05, 4.69) is 10.1 Å². The largest absolute Gasteiger partial charge is 0.325 e. The Morgan fingerprint density at radius 3 is 2.92 bits per heavy atom. The van der Waals surface area contributed by atoms with E-state index < -0.39 is 0 Å². The maximum absolute atomic E-state index is 5.55. The molecule has 4 heteroatoms. The molecule has 0 saturated carbocycles. The van der Waals surface area contributed by atoms with Gasteiger partial charge in [0.1, 0.15) is 0 Å². The van der Waals surface area contributed by atoms with Crippen LogP contribution in [0.1, 0.15) is 5.69 Å². The van der Waals surface area contributed by atoms with Crippen molar-refractivity contribution in [1.29, 1.82) is 0 Å². The van der Waals surface area contributed by atoms with Gasteiger partial charge >= 0.3 is 0 Å². The molecule has 2 aromatic rings. The van der Waals surface area contributed by atoms with E-state index in [0.717, 1.165) is 11.4 Å². The summed E-state index contributed by atoms with van der Waals surface area (Å²) in [6, 6.07) is 5.69. The molecule has 0 fully saturated rings. The van der Waals surface area contributed by atoms with Gasteiger partial charge in [0.2, 0.25) is 0 Å². The van der Waals surface area contributed by atoms with Gasteiger partial charge in [-0.05, 0) is 18.2 Å². The Morgan fingerprint density at radius 2 is 2.23 bits per heavy atom. The molecule has 0 aliphatic heterocycles. The van der Waals surface area contributed by atoms with Crippen LogP contribution in [0.25, 0.3) is 5.69 Å². The molecule has 2 aromatic heterocycles. The molecule has 0 saturated heterocycles. The number of nitrogens with zero attached hydrogens (tertiary/aromatic N) is 3. The smallest absolute Gasteiger partial charge is 0.0874 e. The van der Waals surface area contributed by atoms with Crippen LogP contribution in [-0.4, -0.2) is 14.8 Å². The summed E-state index contributed by atoms with van der Waals surface area (Å²) in [5.41, 5.74) is 7.35. The number of hydrogen-bond donors (Lipinski definition) is 1. The molecule has 0 radical (unpaired) electrons. The van der Waals surface area contributed by atoms with Gasteiger partial charge in [0, 0.05) is 25.1 Å². The zero-order valence-corrected chi connectivity index (χ0v) is 7.09. The SMILES string of the molecule is NCc1ncccc1-n1cccn1. The molecule has 13 heavy (non-hydrogen) atoms. The van der Waals surface area contributed by atoms with Gasteiger partial charge in [-0.25, -0.2) is 4.68 Å². The van der Waals surface area contributed by atoms with E-state index >= 15 is 0 Å². The lowest BCUT2D eigenvalue weighted by Gasteiger charge is -2.05. The molecule has 0 atom stereocenters. The molecule has 0 aliphatic rings. The van der Waals surface area contributed by atoms with Crippen LogP contribution in [0.5, 0.6) is 0 Å². The van der Waals surface area contributed by atoms with Crippen molar-refractivity contribution >= 4 is 0 Å². The zero-order valence-electron chi connectivity index (χ0n) is 7.09. The minimum atomic E-state index is 0.427. The van der Waals surface area contributed by atoms with Gasteiger partial charge in [-0.2, -0.15) is 5.10 Å². The van der Waals surface area contributed by atoms with Crippen molar-refractivity contribution in [3.8, 4) is 5.69 Å². The maximum Gasteiger partial charge on any atom is 0.0874 e. The van der Waals surface area contributed by atoms with E-state index in [1.54, 1.807) is 17.1 Å². The first kappa shape index (κ1) is 7.94. The van der Waals surface area contributed by atoms with Gasteiger partial charge in [-0.3, -0.25) is 4.98 Å². The maximum atomic E-state index is 5.55. The molecule has 66 valence electrons. The number of hydrogen-bond acceptors (Lipinski definition) is 3. The summed E-state index contributed by atoms with van der Waals surface area (Å²) >= 11 is 0. The third kappa shape index (κ3) is 1.43. The van der Waals surface area contributed by atoms with Gasteiger partial charge in [0.15, 0.2) is 0 Å². The van der Waals surface area contributed by atoms with Crippen LogP contribution in [0.3, 0.4) is 0 Å². The lowest BCUT2D eigenvalue weighted by Crippen LogP contribution is -2.06. The Morgan fingerprint density at radius 1 is 1.31 bits per heavy atom. The van der Waals surface area contributed by atoms with Crippen molar-refractivity contribution in [2.75, 3.05) is 0 Å². The number of pyridine rings is 1. The quantitative estimate of drug-likeness (QED) is 0.730. The Bertz CT molecular complexity index is 380. The van der Waals surface area contributed by atoms with Gasteiger partial charge in [0.25, 0.3) is 0 Å². The molecule has 2 heterocycles. The molecule has 0 bridgehead atoms. The highest BCUT2D eigenvalue weighted by Crippen LogP contribution is 2.09. The molecular weight excluding hydrogens is 164 g/mol. The summed E-state index contributed by atoms with van der Waals surface area (Å²) in [5, 5.41) is 4.12. The minimum Gasteiger partial charge on any atom is -0.325 e. The molecule has 4 nitrogen and oxygen atoms in total. The number of nitrogens with two attached hydrogens (primary N) is 1. The molecule has 0 aromatic carbocycles. The first-order chi connectivity index (χ1) is 6.42. The molecule has 2 rings (SSSR count). The molecular formula is C9H10N4. The second-order valence-electron chi connectivity index (χ2n) is 2.62. The summed E-state index contributed by atoms with van der Waals surface area (Å²) in [7, 11) is 0. The van der Waals surface area contributed by atoms with Crippen LogP contribution in [0.4, 0.5) is 0 Å². The fraction of sp³-hybridized carbons (Fsp3) is 0.111. The van der Waals surface area contributed by atoms with Gasteiger partial charge in [-0.1, -0.05) is 0 Å². The Labute approximate surface area is 76.0 Å². The monoisotopic (exact) mass is 174 g/mol. The van der Waals surface area contributed by atoms with E-state index in [4.69, 9.17) is 5.73 Å². The lowest BCUT2D eigenvalue weighted by atomic mass is 10.3. The highest BCUT2D eigenvalue weighted by atomic mass is 15.3. The highest BCUT2D eigenvalue weighted by Gasteiger charge is 2.02. The summed E-state index contributed by atoms with van der Waals surface area (Å²) < 4.78 is 1.76. The standard InChI is InChI=1S/C9H10N4/c10-7-8-9(3-1-4-11-8)13-6-2-5-12-13/h1-6H,7,10H2. The third-order valence-electron chi connectivity index (χ3n) is 1.81. The van der Waals surface area contributed by atoms with Crippen LogP contribution in [0.15, 0.2) is 36.8 Å². The van der Waals surface area contributed by atoms with Crippen LogP contribution < -0.4 is 5.73 Å². The second-order valence-corrected chi connectivity index (χ2v) is 2.62. The summed E-state index contributed by atoms with van der Waals surface area (Å²) in [4.78, 5) is 4.17. The van der Waals surface area contributed by atoms with Crippen molar-refractivity contribution in [3.63, 3.8) is 0 Å². The van der Waals surface area contributed by atoms with Crippen molar-refractivity contribution < 1.29 is 0 Å². The fourth-order valence-corrected chi connectivity index (χ4v) is 1.21. The predicted molar refractivity (Wildman–Crippen MR) is 49.3 cm³/mol. The molecule has 0 aliphatic carbocycles. The predicted octanol–water partition coefficient (Wildman–Crippen LogP) is 0.726. The van der Waals surface area contributed by atoms with Crippen LogP contribution in [-0.2, 0) is 6.54 Å². The minimum absolute atomic E-state index is 0.427. The molecule has 2 N–H and O–H groups in total. The van der Waals surface area contributed by atoms with E-state index in [1.807, 2.05) is 24.4 Å². The van der Waals surface area contributed by atoms with E-state index in [0.29, 0.717) is 6.54 Å². The molecule has 0 unspecified atom stereocenters. The van der Waals surface area contributed by atoms with E-state index in [-0.39, 0.29) is 0 Å². The van der Waals surface area contributed by atoms with Gasteiger partial charge < -0.3 is 5.73 Å². The van der Waals surface area contributed by atoms with Crippen molar-refractivity contribution in [2.24, 2.45) is 5.73 Å². The lowest BCUT2D eigenvalue weighted by molar-refractivity contribution is 0.839. The first-order valence-electron chi connectivity index (χ1n) is 4.06. The Kier molecular flexibility index (Phi) is 2.06. The topological polar surface area (TPSA) is 56.7 Å². The average Bonchev–Trinajstić information content (AvgIpc) is 2.70. The molecule has 0 amide bonds. The Balaban J connectivity index is 2.51.